The SMILES string of the molecule is COCCNCC(C)NCc1scc(C)c1Cl. The van der Waals surface area contributed by atoms with Crippen LogP contribution in [0, 0.1) is 6.92 Å². The Hall–Kier alpha value is -0.130. The molecule has 0 fully saturated rings. The van der Waals surface area contributed by atoms with Gasteiger partial charge < -0.3 is 15.4 Å². The molecule has 98 valence electrons. The lowest BCUT2D eigenvalue weighted by molar-refractivity contribution is 0.198. The van der Waals surface area contributed by atoms with Crippen molar-refractivity contribution in [1.82, 2.24) is 10.6 Å². The van der Waals surface area contributed by atoms with E-state index in [1.165, 1.54) is 10.4 Å². The van der Waals surface area contributed by atoms with Crippen LogP contribution in [0.1, 0.15) is 17.4 Å². The van der Waals surface area contributed by atoms with Gasteiger partial charge in [0.1, 0.15) is 0 Å². The normalized spacial score (nSPS) is 12.9. The molecular formula is C12H21ClN2OS. The third kappa shape index (κ3) is 5.36. The first-order valence-corrected chi connectivity index (χ1v) is 7.06. The van der Waals surface area contributed by atoms with Crippen molar-refractivity contribution in [1.29, 1.82) is 0 Å². The van der Waals surface area contributed by atoms with Crippen LogP contribution in [0.4, 0.5) is 0 Å². The molecule has 1 rings (SSSR count). The number of aryl methyl sites for hydroxylation is 1. The second-order valence-electron chi connectivity index (χ2n) is 4.13. The minimum Gasteiger partial charge on any atom is -0.383 e. The van der Waals surface area contributed by atoms with Crippen LogP contribution in [0.2, 0.25) is 5.02 Å². The molecule has 1 heterocycles. The Morgan fingerprint density at radius 2 is 2.29 bits per heavy atom. The third-order valence-corrected chi connectivity index (χ3v) is 4.26. The third-order valence-electron chi connectivity index (χ3n) is 2.51. The molecule has 1 atom stereocenters. The number of nitrogens with one attached hydrogen (secondary N) is 2. The van der Waals surface area contributed by atoms with Gasteiger partial charge in [-0.2, -0.15) is 0 Å². The molecule has 1 aromatic rings. The molecule has 0 spiro atoms. The van der Waals surface area contributed by atoms with E-state index < -0.39 is 0 Å². The highest BCUT2D eigenvalue weighted by Crippen LogP contribution is 2.26. The van der Waals surface area contributed by atoms with Crippen LogP contribution in [-0.4, -0.2) is 32.8 Å². The molecule has 0 radical (unpaired) electrons. The van der Waals surface area contributed by atoms with Gasteiger partial charge in [-0.1, -0.05) is 11.6 Å². The standard InChI is InChI=1S/C12H21ClN2OS/c1-9-8-17-11(12(9)13)7-15-10(2)6-14-4-5-16-3/h8,10,14-15H,4-7H2,1-3H3. The lowest BCUT2D eigenvalue weighted by Gasteiger charge is -2.14. The second-order valence-corrected chi connectivity index (χ2v) is 5.48. The average Bonchev–Trinajstić information content (AvgIpc) is 2.63. The van der Waals surface area contributed by atoms with E-state index in [0.29, 0.717) is 6.04 Å². The zero-order valence-electron chi connectivity index (χ0n) is 10.7. The molecule has 0 saturated heterocycles. The van der Waals surface area contributed by atoms with Crippen molar-refractivity contribution in [3.63, 3.8) is 0 Å². The summed E-state index contributed by atoms with van der Waals surface area (Å²) in [5.74, 6) is 0. The van der Waals surface area contributed by atoms with Crippen molar-refractivity contribution in [3.8, 4) is 0 Å². The number of methoxy groups -OCH3 is 1. The molecule has 0 saturated carbocycles. The van der Waals surface area contributed by atoms with Gasteiger partial charge in [0.2, 0.25) is 0 Å². The van der Waals surface area contributed by atoms with E-state index in [-0.39, 0.29) is 0 Å². The number of thiophene rings is 1. The summed E-state index contributed by atoms with van der Waals surface area (Å²) in [5, 5.41) is 9.78. The summed E-state index contributed by atoms with van der Waals surface area (Å²) >= 11 is 7.89. The molecule has 0 aromatic carbocycles. The molecule has 1 unspecified atom stereocenters. The quantitative estimate of drug-likeness (QED) is 0.716. The Labute approximate surface area is 113 Å². The number of hydrogen-bond donors (Lipinski definition) is 2. The lowest BCUT2D eigenvalue weighted by Crippen LogP contribution is -2.37. The second kappa shape index (κ2) is 8.06. The van der Waals surface area contributed by atoms with Crippen molar-refractivity contribution in [3.05, 3.63) is 20.8 Å². The molecule has 0 aliphatic carbocycles. The van der Waals surface area contributed by atoms with Crippen LogP contribution >= 0.6 is 22.9 Å². The van der Waals surface area contributed by atoms with E-state index in [2.05, 4.69) is 22.9 Å². The molecule has 0 aliphatic heterocycles. The minimum absolute atomic E-state index is 0.422. The number of ether oxygens (including phenoxy) is 1. The highest BCUT2D eigenvalue weighted by molar-refractivity contribution is 7.10. The molecule has 0 aliphatic rings. The van der Waals surface area contributed by atoms with E-state index in [4.69, 9.17) is 16.3 Å². The fourth-order valence-electron chi connectivity index (χ4n) is 1.43. The largest absolute Gasteiger partial charge is 0.383 e. The summed E-state index contributed by atoms with van der Waals surface area (Å²) in [4.78, 5) is 1.22. The minimum atomic E-state index is 0.422. The van der Waals surface area contributed by atoms with Gasteiger partial charge in [-0.25, -0.2) is 0 Å². The van der Waals surface area contributed by atoms with Gasteiger partial charge in [-0.05, 0) is 24.8 Å². The molecule has 0 amide bonds. The fraction of sp³-hybridized carbons (Fsp3) is 0.667. The topological polar surface area (TPSA) is 33.3 Å². The van der Waals surface area contributed by atoms with Crippen LogP contribution < -0.4 is 10.6 Å². The lowest BCUT2D eigenvalue weighted by atomic mass is 10.3. The van der Waals surface area contributed by atoms with Gasteiger partial charge >= 0.3 is 0 Å². The van der Waals surface area contributed by atoms with Crippen LogP contribution in [0.3, 0.4) is 0 Å². The summed E-state index contributed by atoms with van der Waals surface area (Å²) in [6, 6.07) is 0.422. The molecular weight excluding hydrogens is 256 g/mol. The first-order valence-electron chi connectivity index (χ1n) is 5.80. The van der Waals surface area contributed by atoms with E-state index in [9.17, 15) is 0 Å². The van der Waals surface area contributed by atoms with E-state index in [1.54, 1.807) is 18.4 Å². The fourth-order valence-corrected chi connectivity index (χ4v) is 2.62. The molecule has 0 bridgehead atoms. The van der Waals surface area contributed by atoms with Gasteiger partial charge in [-0.15, -0.1) is 11.3 Å². The van der Waals surface area contributed by atoms with Crippen molar-refractivity contribution >= 4 is 22.9 Å². The summed E-state index contributed by atoms with van der Waals surface area (Å²) in [5.41, 5.74) is 1.17. The molecule has 2 N–H and O–H groups in total. The predicted octanol–water partition coefficient (Wildman–Crippen LogP) is 2.42. The zero-order valence-corrected chi connectivity index (χ0v) is 12.3. The Morgan fingerprint density at radius 3 is 2.88 bits per heavy atom. The maximum Gasteiger partial charge on any atom is 0.0587 e. The van der Waals surface area contributed by atoms with Crippen molar-refractivity contribution < 1.29 is 4.74 Å². The van der Waals surface area contributed by atoms with Crippen molar-refractivity contribution in [2.45, 2.75) is 26.4 Å². The van der Waals surface area contributed by atoms with Gasteiger partial charge in [-0.3, -0.25) is 0 Å². The monoisotopic (exact) mass is 276 g/mol. The first kappa shape index (κ1) is 14.9. The van der Waals surface area contributed by atoms with Gasteiger partial charge in [0.15, 0.2) is 0 Å². The first-order chi connectivity index (χ1) is 8.15. The summed E-state index contributed by atoms with van der Waals surface area (Å²) in [7, 11) is 1.71. The Bertz CT molecular complexity index is 330. The van der Waals surface area contributed by atoms with E-state index in [0.717, 1.165) is 31.3 Å². The smallest absolute Gasteiger partial charge is 0.0587 e. The maximum absolute atomic E-state index is 6.18. The number of rotatable bonds is 8. The van der Waals surface area contributed by atoms with Crippen molar-refractivity contribution in [2.24, 2.45) is 0 Å². The molecule has 1 aromatic heterocycles. The van der Waals surface area contributed by atoms with Crippen LogP contribution in [0.25, 0.3) is 0 Å². The Balaban J connectivity index is 2.19. The van der Waals surface area contributed by atoms with Crippen molar-refractivity contribution in [2.75, 3.05) is 26.8 Å². The van der Waals surface area contributed by atoms with Crippen LogP contribution in [0.15, 0.2) is 5.38 Å². The summed E-state index contributed by atoms with van der Waals surface area (Å²) in [6.07, 6.45) is 0. The Kier molecular flexibility index (Phi) is 7.08. The molecule has 3 nitrogen and oxygen atoms in total. The number of halogens is 1. The maximum atomic E-state index is 6.18. The average molecular weight is 277 g/mol. The van der Waals surface area contributed by atoms with Gasteiger partial charge in [0.05, 0.1) is 11.6 Å². The van der Waals surface area contributed by atoms with Gasteiger partial charge in [0.25, 0.3) is 0 Å². The van der Waals surface area contributed by atoms with Gasteiger partial charge in [0, 0.05) is 37.7 Å². The predicted molar refractivity (Wildman–Crippen MR) is 75.1 cm³/mol. The number of hydrogen-bond acceptors (Lipinski definition) is 4. The molecule has 17 heavy (non-hydrogen) atoms. The highest BCUT2D eigenvalue weighted by atomic mass is 35.5. The summed E-state index contributed by atoms with van der Waals surface area (Å²) < 4.78 is 4.97. The summed E-state index contributed by atoms with van der Waals surface area (Å²) in [6.45, 7) is 7.62. The van der Waals surface area contributed by atoms with Crippen LogP contribution in [0.5, 0.6) is 0 Å². The zero-order chi connectivity index (χ0) is 12.7. The van der Waals surface area contributed by atoms with E-state index >= 15 is 0 Å². The van der Waals surface area contributed by atoms with Crippen LogP contribution in [-0.2, 0) is 11.3 Å². The molecule has 5 heteroatoms. The Morgan fingerprint density at radius 1 is 1.53 bits per heavy atom. The van der Waals surface area contributed by atoms with E-state index in [1.807, 2.05) is 6.92 Å². The highest BCUT2D eigenvalue weighted by Gasteiger charge is 2.07.